The minimum absolute atomic E-state index is 0.0372. The van der Waals surface area contributed by atoms with Gasteiger partial charge in [0.25, 0.3) is 0 Å². The molecular weight excluding hydrogens is 1030 g/mol. The van der Waals surface area contributed by atoms with Crippen molar-refractivity contribution in [3.8, 4) is 0 Å². The standard InChI is InChI=1S/C62H88N2O16/c1-14-15-16-17-18-19-20-21-22-23-24-25-26-27-31-34-47(67)76-49(43(35-39(2)3)63-56(71)80-58(6,7)8)55(70)75-44-37-62(73)53(78-54(69)42-32-29-28-30-33-42)51-60(11,45(66)36-46-61(51,38-74-46)79-41(5)65)52(68)50(77-57(72)64(12)13)48(40(44)4)59(62,9)10/h16-17,19-20,22-23,28-30,32-33,35,43-46,49-51,53,66,73H,14-15,18,21,24-27,31,34,36-38H2,1-13H3,(H,63,71)/b17-16-,20-19-,23-22-/t43-,44-,45-,46+,49+,50+,51?,53?,60+,61-,62+/m0/s1. The van der Waals surface area contributed by atoms with Crippen molar-refractivity contribution in [3.63, 3.8) is 0 Å². The molecule has 0 radical (unpaired) electrons. The van der Waals surface area contributed by atoms with Gasteiger partial charge in [-0.2, -0.15) is 0 Å². The van der Waals surface area contributed by atoms with Crippen molar-refractivity contribution >= 4 is 41.8 Å². The Labute approximate surface area is 472 Å². The van der Waals surface area contributed by atoms with E-state index in [1.807, 2.05) is 0 Å². The lowest BCUT2D eigenvalue weighted by molar-refractivity contribution is -0.345. The highest BCUT2D eigenvalue weighted by atomic mass is 16.6. The number of amides is 2. The number of allylic oxidation sites excluding steroid dienone is 7. The number of alkyl carbamates (subject to hydrolysis) is 1. The lowest BCUT2D eigenvalue weighted by Crippen LogP contribution is -2.82. The molecule has 18 nitrogen and oxygen atoms in total. The summed E-state index contributed by atoms with van der Waals surface area (Å²) in [6.45, 7) is 17.4. The molecule has 3 fully saturated rings. The van der Waals surface area contributed by atoms with Crippen LogP contribution in [-0.4, -0.2) is 137 Å². The molecule has 1 aliphatic heterocycles. The van der Waals surface area contributed by atoms with Gasteiger partial charge in [0.15, 0.2) is 17.5 Å². The van der Waals surface area contributed by atoms with Gasteiger partial charge in [-0.25, -0.2) is 19.2 Å². The first-order valence-corrected chi connectivity index (χ1v) is 28.2. The molecule has 80 heavy (non-hydrogen) atoms. The fraction of sp³-hybridized carbons (Fsp3) is 0.629. The van der Waals surface area contributed by atoms with Crippen LogP contribution in [0, 0.1) is 16.7 Å². The van der Waals surface area contributed by atoms with Gasteiger partial charge in [0.1, 0.15) is 29.5 Å². The van der Waals surface area contributed by atoms with Gasteiger partial charge in [-0.1, -0.05) is 106 Å². The van der Waals surface area contributed by atoms with Crippen molar-refractivity contribution in [2.45, 2.75) is 213 Å². The van der Waals surface area contributed by atoms with E-state index in [2.05, 4.69) is 48.7 Å². The van der Waals surface area contributed by atoms with Gasteiger partial charge in [0.2, 0.25) is 6.10 Å². The highest BCUT2D eigenvalue weighted by Gasteiger charge is 2.78. The normalized spacial score (nSPS) is 27.8. The molecule has 0 spiro atoms. The maximum absolute atomic E-state index is 15.9. The Morgan fingerprint density at radius 1 is 0.875 bits per heavy atom. The Bertz CT molecular complexity index is 2540. The molecule has 5 rings (SSSR count). The molecule has 18 heteroatoms. The predicted octanol–water partition coefficient (Wildman–Crippen LogP) is 9.70. The predicted molar refractivity (Wildman–Crippen MR) is 299 cm³/mol. The number of rotatable bonds is 23. The van der Waals surface area contributed by atoms with Crippen molar-refractivity contribution in [2.75, 3.05) is 20.7 Å². The fourth-order valence-electron chi connectivity index (χ4n) is 11.6. The van der Waals surface area contributed by atoms with Crippen molar-refractivity contribution in [2.24, 2.45) is 16.7 Å². The van der Waals surface area contributed by atoms with Crippen LogP contribution in [0.3, 0.4) is 0 Å². The van der Waals surface area contributed by atoms with Crippen LogP contribution in [0.5, 0.6) is 0 Å². The van der Waals surface area contributed by atoms with E-state index in [0.717, 1.165) is 56.8 Å². The van der Waals surface area contributed by atoms with E-state index >= 15 is 9.59 Å². The first-order chi connectivity index (χ1) is 37.5. The summed E-state index contributed by atoms with van der Waals surface area (Å²) in [6.07, 6.45) is 9.44. The first kappa shape index (κ1) is 64.7. The van der Waals surface area contributed by atoms with Crippen LogP contribution in [0.2, 0.25) is 0 Å². The topological polar surface area (TPSA) is 240 Å². The molecule has 1 aromatic carbocycles. The van der Waals surface area contributed by atoms with E-state index in [-0.39, 0.29) is 36.2 Å². The average Bonchev–Trinajstić information content (AvgIpc) is 1.85. The molecule has 0 aromatic heterocycles. The average molecular weight is 1120 g/mol. The fourth-order valence-corrected chi connectivity index (χ4v) is 11.6. The van der Waals surface area contributed by atoms with Gasteiger partial charge in [0.05, 0.1) is 35.6 Å². The molecular formula is C62H88N2O16. The van der Waals surface area contributed by atoms with Crippen molar-refractivity contribution < 1.29 is 76.9 Å². The van der Waals surface area contributed by atoms with Gasteiger partial charge in [-0.05, 0) is 110 Å². The summed E-state index contributed by atoms with van der Waals surface area (Å²) in [5.74, 6) is -6.18. The maximum Gasteiger partial charge on any atom is 0.410 e. The van der Waals surface area contributed by atoms with Crippen LogP contribution in [-0.2, 0) is 52.3 Å². The van der Waals surface area contributed by atoms with Crippen LogP contribution in [0.15, 0.2) is 89.6 Å². The number of ether oxygens (including phenoxy) is 7. The number of nitrogens with zero attached hydrogens (tertiary/aromatic N) is 1. The van der Waals surface area contributed by atoms with Crippen LogP contribution < -0.4 is 5.32 Å². The monoisotopic (exact) mass is 1120 g/mol. The summed E-state index contributed by atoms with van der Waals surface area (Å²) in [4.78, 5) is 101. The van der Waals surface area contributed by atoms with Crippen LogP contribution in [0.4, 0.5) is 9.59 Å². The summed E-state index contributed by atoms with van der Waals surface area (Å²) < 4.78 is 42.8. The molecule has 442 valence electrons. The number of benzene rings is 1. The molecule has 1 saturated heterocycles. The van der Waals surface area contributed by atoms with Crippen LogP contribution in [0.1, 0.15) is 164 Å². The van der Waals surface area contributed by atoms with Crippen molar-refractivity contribution in [1.82, 2.24) is 10.2 Å². The zero-order valence-corrected chi connectivity index (χ0v) is 49.3. The number of carbonyl (C=O) groups excluding carboxylic acids is 7. The van der Waals surface area contributed by atoms with E-state index < -0.39 is 124 Å². The second-order valence-corrected chi connectivity index (χ2v) is 23.8. The number of fused-ring (bicyclic) bond motifs is 5. The number of carbonyl (C=O) groups is 7. The van der Waals surface area contributed by atoms with Crippen LogP contribution >= 0.6 is 0 Å². The molecule has 11 atom stereocenters. The van der Waals surface area contributed by atoms with Gasteiger partial charge in [-0.15, -0.1) is 0 Å². The molecule has 3 aliphatic carbocycles. The molecule has 4 aliphatic rings. The van der Waals surface area contributed by atoms with E-state index in [1.54, 1.807) is 66.7 Å². The van der Waals surface area contributed by atoms with Gasteiger partial charge < -0.3 is 53.6 Å². The number of nitrogens with one attached hydrogen (secondary N) is 1. The third kappa shape index (κ3) is 15.1. The summed E-state index contributed by atoms with van der Waals surface area (Å²) in [5.41, 5.74) is -8.34. The number of aliphatic hydroxyl groups excluding tert-OH is 1. The van der Waals surface area contributed by atoms with Gasteiger partial charge in [0, 0.05) is 45.7 Å². The second-order valence-electron chi connectivity index (χ2n) is 23.8. The zero-order valence-electron chi connectivity index (χ0n) is 49.3. The molecule has 3 N–H and O–H groups in total. The number of unbranched alkanes of at least 4 members (excludes halogenated alkanes) is 5. The highest BCUT2D eigenvalue weighted by Crippen LogP contribution is 2.64. The summed E-state index contributed by atoms with van der Waals surface area (Å²) in [5, 5.41) is 29.0. The van der Waals surface area contributed by atoms with E-state index in [4.69, 9.17) is 33.2 Å². The van der Waals surface area contributed by atoms with Gasteiger partial charge in [-0.3, -0.25) is 14.4 Å². The third-order valence-electron chi connectivity index (χ3n) is 15.8. The molecule has 2 amide bonds. The van der Waals surface area contributed by atoms with E-state index in [1.165, 1.54) is 46.2 Å². The van der Waals surface area contributed by atoms with Crippen molar-refractivity contribution in [1.29, 1.82) is 0 Å². The molecule has 2 bridgehead atoms. The highest BCUT2D eigenvalue weighted by molar-refractivity contribution is 5.96. The minimum Gasteiger partial charge on any atom is -0.455 e. The lowest BCUT2D eigenvalue weighted by atomic mass is 9.44. The molecule has 2 unspecified atom stereocenters. The number of hydrogen-bond acceptors (Lipinski definition) is 16. The molecule has 2 saturated carbocycles. The van der Waals surface area contributed by atoms with E-state index in [9.17, 15) is 34.2 Å². The largest absolute Gasteiger partial charge is 0.455 e. The number of esters is 4. The maximum atomic E-state index is 15.9. The summed E-state index contributed by atoms with van der Waals surface area (Å²) in [6, 6.07) is 6.49. The Morgan fingerprint density at radius 3 is 2.08 bits per heavy atom. The number of hydrogen-bond donors (Lipinski definition) is 3. The Hall–Kier alpha value is -6.11. The van der Waals surface area contributed by atoms with Gasteiger partial charge >= 0.3 is 36.1 Å². The molecule has 1 aromatic rings. The van der Waals surface area contributed by atoms with E-state index in [0.29, 0.717) is 18.4 Å². The minimum atomic E-state index is -2.46. The summed E-state index contributed by atoms with van der Waals surface area (Å²) >= 11 is 0. The second kappa shape index (κ2) is 27.6. The third-order valence-corrected chi connectivity index (χ3v) is 15.8. The Morgan fingerprint density at radius 2 is 1.50 bits per heavy atom. The van der Waals surface area contributed by atoms with Crippen LogP contribution in [0.25, 0.3) is 0 Å². The first-order valence-electron chi connectivity index (χ1n) is 28.2. The Balaban J connectivity index is 1.57. The Kier molecular flexibility index (Phi) is 22.3. The number of ketones is 1. The lowest BCUT2D eigenvalue weighted by Gasteiger charge is -2.67. The van der Waals surface area contributed by atoms with Crippen molar-refractivity contribution in [3.05, 3.63) is 95.1 Å². The molecule has 1 heterocycles. The summed E-state index contributed by atoms with van der Waals surface area (Å²) in [7, 11) is 2.80. The number of aliphatic hydroxyl groups is 2. The smallest absolute Gasteiger partial charge is 0.410 e. The number of Topliss-reactive ketones (excluding diaryl/α,β-unsaturated/α-hetero) is 1. The SMILES string of the molecule is CCC/C=C\C/C=C\C/C=C\CCCCCCC(=O)O[C@@H](C(=O)O[C@H]1C[C@@]2(O)C(OC(=O)c3ccccc3)C3[C@](C)(C(=O)[C@H](OC(=O)N(C)C)C(=C1C)C2(C)C)[C@@H](O)C[C@H]1OC[C@@]31OC(C)=O)[C@H](C=C(C)C)NC(=O)OC(C)(C)C. The zero-order chi connectivity index (χ0) is 59.4. The quantitative estimate of drug-likeness (QED) is 0.0400.